The van der Waals surface area contributed by atoms with E-state index in [0.717, 1.165) is 29.8 Å². The van der Waals surface area contributed by atoms with Crippen molar-refractivity contribution in [2.24, 2.45) is 0 Å². The molecule has 0 fully saturated rings. The number of benzene rings is 1. The molecule has 0 amide bonds. The highest BCUT2D eigenvalue weighted by atomic mass is 19.1. The smallest absolute Gasteiger partial charge is 0.125 e. The summed E-state index contributed by atoms with van der Waals surface area (Å²) in [5, 5.41) is 10.0. The zero-order chi connectivity index (χ0) is 11.0. The van der Waals surface area contributed by atoms with Crippen LogP contribution in [0.1, 0.15) is 23.5 Å². The van der Waals surface area contributed by atoms with Crippen LogP contribution < -0.4 is 5.32 Å². The molecule has 1 unspecified atom stereocenters. The van der Waals surface area contributed by atoms with Gasteiger partial charge in [0, 0.05) is 24.3 Å². The van der Waals surface area contributed by atoms with Crippen LogP contribution in [0, 0.1) is 5.82 Å². The van der Waals surface area contributed by atoms with E-state index >= 15 is 0 Å². The van der Waals surface area contributed by atoms with Crippen LogP contribution in [0.25, 0.3) is 0 Å². The Morgan fingerprint density at radius 3 is 3.12 bits per heavy atom. The summed E-state index contributed by atoms with van der Waals surface area (Å²) in [5.41, 5.74) is 3.21. The first kappa shape index (κ1) is 9.39. The second-order valence-electron chi connectivity index (χ2n) is 4.03. The molecule has 1 aliphatic heterocycles. The van der Waals surface area contributed by atoms with E-state index in [1.54, 1.807) is 6.07 Å². The quantitative estimate of drug-likeness (QED) is 0.770. The molecule has 1 aliphatic rings. The maximum absolute atomic E-state index is 13.1. The molecule has 0 saturated carbocycles. The number of nitrogens with one attached hydrogen (secondary N) is 2. The van der Waals surface area contributed by atoms with Crippen molar-refractivity contribution < 1.29 is 4.39 Å². The van der Waals surface area contributed by atoms with Crippen molar-refractivity contribution in [3.05, 3.63) is 47.5 Å². The normalized spacial score (nSPS) is 18.9. The van der Waals surface area contributed by atoms with Crippen LogP contribution in [-0.4, -0.2) is 16.7 Å². The molecule has 16 heavy (non-hydrogen) atoms. The Hall–Kier alpha value is -1.84. The summed E-state index contributed by atoms with van der Waals surface area (Å²) >= 11 is 0. The van der Waals surface area contributed by atoms with Gasteiger partial charge in [-0.15, -0.1) is 0 Å². The molecular weight excluding hydrogens is 205 g/mol. The Kier molecular flexibility index (Phi) is 2.13. The van der Waals surface area contributed by atoms with Crippen molar-refractivity contribution in [2.75, 3.05) is 11.9 Å². The van der Waals surface area contributed by atoms with E-state index < -0.39 is 0 Å². The zero-order valence-electron chi connectivity index (χ0n) is 8.70. The highest BCUT2D eigenvalue weighted by Gasteiger charge is 2.22. The highest BCUT2D eigenvalue weighted by Crippen LogP contribution is 2.36. The average Bonchev–Trinajstić information content (AvgIpc) is 2.81. The van der Waals surface area contributed by atoms with Crippen LogP contribution in [0.2, 0.25) is 0 Å². The number of halogens is 1. The molecule has 0 bridgehead atoms. The van der Waals surface area contributed by atoms with Gasteiger partial charge in [-0.1, -0.05) is 6.07 Å². The maximum atomic E-state index is 13.1. The van der Waals surface area contributed by atoms with Gasteiger partial charge in [0.15, 0.2) is 0 Å². The number of H-pyrrole nitrogens is 1. The molecule has 2 N–H and O–H groups in total. The number of aromatic nitrogens is 2. The van der Waals surface area contributed by atoms with Gasteiger partial charge in [-0.2, -0.15) is 5.10 Å². The molecule has 2 heterocycles. The van der Waals surface area contributed by atoms with Crippen LogP contribution in [0.5, 0.6) is 0 Å². The number of hydrogen-bond acceptors (Lipinski definition) is 2. The van der Waals surface area contributed by atoms with E-state index in [4.69, 9.17) is 0 Å². The lowest BCUT2D eigenvalue weighted by Crippen LogP contribution is -2.17. The number of anilines is 1. The molecule has 0 radical (unpaired) electrons. The molecule has 0 spiro atoms. The van der Waals surface area contributed by atoms with Crippen LogP contribution in [0.3, 0.4) is 0 Å². The lowest BCUT2D eigenvalue weighted by molar-refractivity contribution is 0.623. The van der Waals surface area contributed by atoms with Crippen molar-refractivity contribution in [1.82, 2.24) is 10.2 Å². The molecule has 2 aromatic rings. The van der Waals surface area contributed by atoms with Crippen LogP contribution >= 0.6 is 0 Å². The SMILES string of the molecule is Fc1ccc2c(c1)NCCC2c1cn[nH]c1. The molecule has 0 saturated heterocycles. The molecule has 82 valence electrons. The van der Waals surface area contributed by atoms with Crippen LogP contribution in [-0.2, 0) is 0 Å². The number of aromatic amines is 1. The van der Waals surface area contributed by atoms with Gasteiger partial charge >= 0.3 is 0 Å². The Morgan fingerprint density at radius 1 is 1.38 bits per heavy atom. The Bertz CT molecular complexity index is 493. The van der Waals surface area contributed by atoms with Gasteiger partial charge < -0.3 is 5.32 Å². The fraction of sp³-hybridized carbons (Fsp3) is 0.250. The number of fused-ring (bicyclic) bond motifs is 1. The fourth-order valence-corrected chi connectivity index (χ4v) is 2.29. The van der Waals surface area contributed by atoms with Crippen LogP contribution in [0.15, 0.2) is 30.6 Å². The third kappa shape index (κ3) is 1.46. The predicted octanol–water partition coefficient (Wildman–Crippen LogP) is 2.50. The van der Waals surface area contributed by atoms with E-state index in [9.17, 15) is 4.39 Å². The molecule has 1 atom stereocenters. The number of hydrogen-bond donors (Lipinski definition) is 2. The summed E-state index contributed by atoms with van der Waals surface area (Å²) in [6.45, 7) is 0.867. The monoisotopic (exact) mass is 217 g/mol. The third-order valence-corrected chi connectivity index (χ3v) is 3.06. The molecule has 3 rings (SSSR count). The maximum Gasteiger partial charge on any atom is 0.125 e. The lowest BCUT2D eigenvalue weighted by atomic mass is 9.87. The van der Waals surface area contributed by atoms with Crippen molar-refractivity contribution >= 4 is 5.69 Å². The standard InChI is InChI=1S/C12H12FN3/c13-9-1-2-11-10(8-6-15-16-7-8)3-4-14-12(11)5-9/h1-2,5-7,10,14H,3-4H2,(H,15,16). The van der Waals surface area contributed by atoms with Gasteiger partial charge in [-0.05, 0) is 29.7 Å². The molecule has 4 heteroatoms. The Labute approximate surface area is 92.7 Å². The van der Waals surface area contributed by atoms with E-state index in [1.165, 1.54) is 6.07 Å². The van der Waals surface area contributed by atoms with Gasteiger partial charge in [0.1, 0.15) is 5.82 Å². The second kappa shape index (κ2) is 3.63. The van der Waals surface area contributed by atoms with E-state index in [1.807, 2.05) is 18.5 Å². The Balaban J connectivity index is 2.06. The van der Waals surface area contributed by atoms with Gasteiger partial charge in [0.25, 0.3) is 0 Å². The molecular formula is C12H12FN3. The minimum absolute atomic E-state index is 0.195. The summed E-state index contributed by atoms with van der Waals surface area (Å²) < 4.78 is 13.1. The highest BCUT2D eigenvalue weighted by molar-refractivity contribution is 5.57. The topological polar surface area (TPSA) is 40.7 Å². The molecule has 0 aliphatic carbocycles. The van der Waals surface area contributed by atoms with E-state index in [-0.39, 0.29) is 5.82 Å². The number of nitrogens with zero attached hydrogens (tertiary/aromatic N) is 1. The minimum Gasteiger partial charge on any atom is -0.385 e. The molecule has 1 aromatic heterocycles. The van der Waals surface area contributed by atoms with Gasteiger partial charge in [0.05, 0.1) is 6.20 Å². The largest absolute Gasteiger partial charge is 0.385 e. The third-order valence-electron chi connectivity index (χ3n) is 3.06. The average molecular weight is 217 g/mol. The predicted molar refractivity (Wildman–Crippen MR) is 59.9 cm³/mol. The zero-order valence-corrected chi connectivity index (χ0v) is 8.70. The van der Waals surface area contributed by atoms with Crippen molar-refractivity contribution in [3.8, 4) is 0 Å². The first-order chi connectivity index (χ1) is 7.84. The van der Waals surface area contributed by atoms with Gasteiger partial charge in [-0.3, -0.25) is 5.10 Å². The summed E-state index contributed by atoms with van der Waals surface area (Å²) in [4.78, 5) is 0. The van der Waals surface area contributed by atoms with Crippen molar-refractivity contribution in [3.63, 3.8) is 0 Å². The van der Waals surface area contributed by atoms with Crippen molar-refractivity contribution in [1.29, 1.82) is 0 Å². The molecule has 1 aromatic carbocycles. The summed E-state index contributed by atoms with van der Waals surface area (Å²) in [6.07, 6.45) is 4.75. The van der Waals surface area contributed by atoms with Crippen LogP contribution in [0.4, 0.5) is 10.1 Å². The first-order valence-electron chi connectivity index (χ1n) is 5.36. The minimum atomic E-state index is -0.195. The van der Waals surface area contributed by atoms with E-state index in [0.29, 0.717) is 5.92 Å². The fourth-order valence-electron chi connectivity index (χ4n) is 2.29. The molecule has 3 nitrogen and oxygen atoms in total. The number of rotatable bonds is 1. The Morgan fingerprint density at radius 2 is 2.31 bits per heavy atom. The van der Waals surface area contributed by atoms with Gasteiger partial charge in [0.2, 0.25) is 0 Å². The lowest BCUT2D eigenvalue weighted by Gasteiger charge is -2.25. The second-order valence-corrected chi connectivity index (χ2v) is 4.03. The first-order valence-corrected chi connectivity index (χ1v) is 5.36. The summed E-state index contributed by atoms with van der Waals surface area (Å²) in [7, 11) is 0. The van der Waals surface area contributed by atoms with Gasteiger partial charge in [-0.25, -0.2) is 4.39 Å². The summed E-state index contributed by atoms with van der Waals surface area (Å²) in [5.74, 6) is 0.120. The van der Waals surface area contributed by atoms with Crippen molar-refractivity contribution in [2.45, 2.75) is 12.3 Å². The summed E-state index contributed by atoms with van der Waals surface area (Å²) in [6, 6.07) is 4.93. The van der Waals surface area contributed by atoms with E-state index in [2.05, 4.69) is 15.5 Å².